The number of ether oxygens (including phenoxy) is 1. The van der Waals surface area contributed by atoms with Gasteiger partial charge in [0.2, 0.25) is 0 Å². The van der Waals surface area contributed by atoms with Gasteiger partial charge in [0, 0.05) is 11.6 Å². The first-order valence-corrected chi connectivity index (χ1v) is 5.80. The Balaban J connectivity index is 2.80. The number of hydrogen-bond donors (Lipinski definition) is 1. The van der Waals surface area contributed by atoms with Gasteiger partial charge in [-0.05, 0) is 38.0 Å². The molecule has 0 bridgehead atoms. The molecule has 16 heavy (non-hydrogen) atoms. The van der Waals surface area contributed by atoms with Crippen LogP contribution >= 0.6 is 11.6 Å². The third kappa shape index (κ3) is 4.25. The Bertz CT molecular complexity index is 361. The van der Waals surface area contributed by atoms with Crippen LogP contribution < -0.4 is 10.5 Å². The molecule has 0 aliphatic rings. The van der Waals surface area contributed by atoms with Crippen LogP contribution in [0.1, 0.15) is 18.1 Å². The van der Waals surface area contributed by atoms with E-state index in [2.05, 4.69) is 13.0 Å². The number of halogens is 1. The van der Waals surface area contributed by atoms with Gasteiger partial charge in [0.25, 0.3) is 0 Å². The molecule has 3 heteroatoms. The smallest absolute Gasteiger partial charge is 0.123 e. The van der Waals surface area contributed by atoms with Crippen molar-refractivity contribution >= 4 is 11.6 Å². The van der Waals surface area contributed by atoms with Gasteiger partial charge in [0.05, 0.1) is 0 Å². The van der Waals surface area contributed by atoms with Gasteiger partial charge in [-0.15, -0.1) is 0 Å². The average Bonchev–Trinajstić information content (AvgIpc) is 2.20. The lowest BCUT2D eigenvalue weighted by molar-refractivity contribution is 0.358. The van der Waals surface area contributed by atoms with Gasteiger partial charge in [-0.25, -0.2) is 0 Å². The zero-order valence-electron chi connectivity index (χ0n) is 9.74. The van der Waals surface area contributed by atoms with Gasteiger partial charge < -0.3 is 10.5 Å². The maximum absolute atomic E-state index is 5.81. The summed E-state index contributed by atoms with van der Waals surface area (Å²) in [6.07, 6.45) is 2.58. The Labute approximate surface area is 102 Å². The van der Waals surface area contributed by atoms with Crippen LogP contribution in [0.15, 0.2) is 29.8 Å². The van der Waals surface area contributed by atoms with E-state index in [0.717, 1.165) is 17.7 Å². The Kier molecular flexibility index (Phi) is 5.36. The predicted molar refractivity (Wildman–Crippen MR) is 69.0 cm³/mol. The molecule has 1 rings (SSSR count). The Hall–Kier alpha value is -0.990. The molecule has 0 radical (unpaired) electrons. The molecular weight excluding hydrogens is 222 g/mol. The van der Waals surface area contributed by atoms with Crippen molar-refractivity contribution in [1.82, 2.24) is 0 Å². The number of benzene rings is 1. The van der Waals surface area contributed by atoms with E-state index >= 15 is 0 Å². The summed E-state index contributed by atoms with van der Waals surface area (Å²) in [4.78, 5) is 0. The van der Waals surface area contributed by atoms with Gasteiger partial charge in [0.1, 0.15) is 12.4 Å². The molecule has 0 saturated heterocycles. The number of rotatable bonds is 5. The van der Waals surface area contributed by atoms with Gasteiger partial charge in [0.15, 0.2) is 0 Å². The molecule has 0 spiro atoms. The highest BCUT2D eigenvalue weighted by Crippen LogP contribution is 2.21. The van der Waals surface area contributed by atoms with Crippen molar-refractivity contribution in [3.8, 4) is 5.75 Å². The van der Waals surface area contributed by atoms with Gasteiger partial charge >= 0.3 is 0 Å². The lowest BCUT2D eigenvalue weighted by atomic mass is 10.0. The van der Waals surface area contributed by atoms with Gasteiger partial charge in [-0.1, -0.05) is 29.3 Å². The summed E-state index contributed by atoms with van der Waals surface area (Å²) in [6.45, 7) is 4.54. The van der Waals surface area contributed by atoms with E-state index in [1.165, 1.54) is 11.1 Å². The average molecular weight is 240 g/mol. The number of aryl methyl sites for hydroxylation is 1. The third-order valence-electron chi connectivity index (χ3n) is 2.18. The third-order valence-corrected chi connectivity index (χ3v) is 2.36. The molecule has 0 saturated carbocycles. The first-order chi connectivity index (χ1) is 7.63. The molecule has 0 fully saturated rings. The van der Waals surface area contributed by atoms with Crippen LogP contribution in [0.5, 0.6) is 5.75 Å². The fraction of sp³-hybridized carbons (Fsp3) is 0.385. The summed E-state index contributed by atoms with van der Waals surface area (Å²) >= 11 is 5.44. The minimum Gasteiger partial charge on any atom is -0.489 e. The van der Waals surface area contributed by atoms with Crippen LogP contribution in [0.3, 0.4) is 0 Å². The quantitative estimate of drug-likeness (QED) is 0.857. The molecule has 1 atom stereocenters. The number of nitrogens with two attached hydrogens (primary N) is 1. The summed E-state index contributed by atoms with van der Waals surface area (Å²) in [5, 5.41) is 0. The van der Waals surface area contributed by atoms with Crippen LogP contribution in [-0.4, -0.2) is 12.6 Å². The summed E-state index contributed by atoms with van der Waals surface area (Å²) < 4.78 is 5.61. The Morgan fingerprint density at radius 3 is 2.88 bits per heavy atom. The molecular formula is C13H18ClNO. The second kappa shape index (κ2) is 6.56. The van der Waals surface area contributed by atoms with Crippen molar-refractivity contribution in [2.75, 3.05) is 6.61 Å². The molecule has 2 nitrogen and oxygen atoms in total. The monoisotopic (exact) mass is 239 g/mol. The standard InChI is InChI=1S/C13H18ClNO/c1-10-4-5-13(16-7-3-6-14)12(8-10)9-11(2)15/h3-6,8,11H,7,9,15H2,1-2H3. The maximum atomic E-state index is 5.81. The first-order valence-electron chi connectivity index (χ1n) is 5.36. The zero-order valence-corrected chi connectivity index (χ0v) is 10.5. The van der Waals surface area contributed by atoms with Crippen molar-refractivity contribution in [3.63, 3.8) is 0 Å². The van der Waals surface area contributed by atoms with E-state index in [9.17, 15) is 0 Å². The molecule has 0 heterocycles. The molecule has 0 aliphatic heterocycles. The predicted octanol–water partition coefficient (Wildman–Crippen LogP) is 3.02. The fourth-order valence-corrected chi connectivity index (χ4v) is 1.60. The summed E-state index contributed by atoms with van der Waals surface area (Å²) in [6, 6.07) is 6.26. The summed E-state index contributed by atoms with van der Waals surface area (Å²) in [5.41, 5.74) is 9.63. The van der Waals surface area contributed by atoms with Gasteiger partial charge in [-0.2, -0.15) is 0 Å². The van der Waals surface area contributed by atoms with E-state index in [1.54, 1.807) is 6.08 Å². The zero-order chi connectivity index (χ0) is 12.0. The minimum atomic E-state index is 0.132. The lowest BCUT2D eigenvalue weighted by Gasteiger charge is -2.12. The molecule has 88 valence electrons. The van der Waals surface area contributed by atoms with Crippen LogP contribution in [-0.2, 0) is 6.42 Å². The van der Waals surface area contributed by atoms with E-state index in [4.69, 9.17) is 22.1 Å². The molecule has 2 N–H and O–H groups in total. The van der Waals surface area contributed by atoms with E-state index in [-0.39, 0.29) is 6.04 Å². The Morgan fingerprint density at radius 2 is 2.25 bits per heavy atom. The lowest BCUT2D eigenvalue weighted by Crippen LogP contribution is -2.18. The van der Waals surface area contributed by atoms with E-state index in [0.29, 0.717) is 6.61 Å². The highest BCUT2D eigenvalue weighted by molar-refractivity contribution is 6.25. The summed E-state index contributed by atoms with van der Waals surface area (Å²) in [5.74, 6) is 0.887. The van der Waals surface area contributed by atoms with Gasteiger partial charge in [-0.3, -0.25) is 0 Å². The first kappa shape index (κ1) is 13.1. The number of hydrogen-bond acceptors (Lipinski definition) is 2. The SMILES string of the molecule is Cc1ccc(OCC=CCl)c(CC(C)N)c1. The fourth-order valence-electron chi connectivity index (χ4n) is 1.53. The topological polar surface area (TPSA) is 35.2 Å². The highest BCUT2D eigenvalue weighted by atomic mass is 35.5. The largest absolute Gasteiger partial charge is 0.489 e. The molecule has 0 aromatic heterocycles. The van der Waals surface area contributed by atoms with Crippen molar-refractivity contribution in [2.24, 2.45) is 5.73 Å². The second-order valence-corrected chi connectivity index (χ2v) is 4.22. The molecule has 0 aliphatic carbocycles. The normalized spacial score (nSPS) is 13.0. The maximum Gasteiger partial charge on any atom is 0.123 e. The second-order valence-electron chi connectivity index (χ2n) is 3.97. The van der Waals surface area contributed by atoms with Crippen LogP contribution in [0.2, 0.25) is 0 Å². The molecule has 1 aromatic rings. The van der Waals surface area contributed by atoms with Crippen LogP contribution in [0, 0.1) is 6.92 Å². The van der Waals surface area contributed by atoms with E-state index in [1.807, 2.05) is 19.1 Å². The van der Waals surface area contributed by atoms with E-state index < -0.39 is 0 Å². The summed E-state index contributed by atoms with van der Waals surface area (Å²) in [7, 11) is 0. The molecule has 1 aromatic carbocycles. The van der Waals surface area contributed by atoms with Crippen molar-refractivity contribution in [1.29, 1.82) is 0 Å². The van der Waals surface area contributed by atoms with Crippen molar-refractivity contribution < 1.29 is 4.74 Å². The Morgan fingerprint density at radius 1 is 1.50 bits per heavy atom. The van der Waals surface area contributed by atoms with Crippen molar-refractivity contribution in [3.05, 3.63) is 40.9 Å². The molecule has 0 amide bonds. The van der Waals surface area contributed by atoms with Crippen molar-refractivity contribution in [2.45, 2.75) is 26.3 Å². The highest BCUT2D eigenvalue weighted by Gasteiger charge is 2.06. The minimum absolute atomic E-state index is 0.132. The molecule has 1 unspecified atom stereocenters. The van der Waals surface area contributed by atoms with Crippen LogP contribution in [0.4, 0.5) is 0 Å². The van der Waals surface area contributed by atoms with Crippen LogP contribution in [0.25, 0.3) is 0 Å².